The van der Waals surface area contributed by atoms with Crippen molar-refractivity contribution in [3.63, 3.8) is 0 Å². The number of nitrogen functional groups attached to an aromatic ring is 1. The molecule has 106 valence electrons. The fourth-order valence-electron chi connectivity index (χ4n) is 1.87. The van der Waals surface area contributed by atoms with Crippen molar-refractivity contribution in [1.29, 1.82) is 0 Å². The molecule has 0 aromatic carbocycles. The number of ether oxygens (including phenoxy) is 1. The molecule has 2 aromatic rings. The Morgan fingerprint density at radius 1 is 1.50 bits per heavy atom. The zero-order chi connectivity index (χ0) is 14.7. The standard InChI is InChI=1S/C13H16N4O3/c1-3-17-12-8(4-9(14)6-16-12)5-10(13(17)19)20-7-11(18)15-2/h4-6H,3,7,14H2,1-2H3,(H,15,18). The Hall–Kier alpha value is -2.57. The first-order valence-electron chi connectivity index (χ1n) is 6.19. The molecule has 3 N–H and O–H groups in total. The highest BCUT2D eigenvalue weighted by atomic mass is 16.5. The highest BCUT2D eigenvalue weighted by Gasteiger charge is 2.11. The molecule has 0 saturated carbocycles. The van der Waals surface area contributed by atoms with Crippen LogP contribution in [0.4, 0.5) is 5.69 Å². The van der Waals surface area contributed by atoms with Gasteiger partial charge in [0.25, 0.3) is 11.5 Å². The van der Waals surface area contributed by atoms with Gasteiger partial charge in [-0.15, -0.1) is 0 Å². The van der Waals surface area contributed by atoms with Crippen LogP contribution in [0.3, 0.4) is 0 Å². The lowest BCUT2D eigenvalue weighted by atomic mass is 10.2. The molecular weight excluding hydrogens is 260 g/mol. The Kier molecular flexibility index (Phi) is 3.88. The molecule has 0 atom stereocenters. The minimum Gasteiger partial charge on any atom is -0.478 e. The van der Waals surface area contributed by atoms with E-state index in [0.29, 0.717) is 23.3 Å². The van der Waals surface area contributed by atoms with Crippen molar-refractivity contribution < 1.29 is 9.53 Å². The molecule has 0 radical (unpaired) electrons. The van der Waals surface area contributed by atoms with Gasteiger partial charge in [0.1, 0.15) is 5.65 Å². The van der Waals surface area contributed by atoms with Crippen molar-refractivity contribution in [2.75, 3.05) is 19.4 Å². The van der Waals surface area contributed by atoms with Gasteiger partial charge in [-0.3, -0.25) is 14.2 Å². The van der Waals surface area contributed by atoms with Crippen molar-refractivity contribution in [2.24, 2.45) is 0 Å². The quantitative estimate of drug-likeness (QED) is 0.826. The van der Waals surface area contributed by atoms with Gasteiger partial charge in [-0.05, 0) is 19.1 Å². The lowest BCUT2D eigenvalue weighted by Crippen LogP contribution is -2.28. The summed E-state index contributed by atoms with van der Waals surface area (Å²) in [4.78, 5) is 27.6. The Morgan fingerprint density at radius 3 is 2.90 bits per heavy atom. The lowest BCUT2D eigenvalue weighted by Gasteiger charge is -2.11. The number of carbonyl (C=O) groups excluding carboxylic acids is 1. The second-order valence-electron chi connectivity index (χ2n) is 4.20. The number of nitrogens with zero attached hydrogens (tertiary/aromatic N) is 2. The maximum Gasteiger partial charge on any atom is 0.294 e. The van der Waals surface area contributed by atoms with Crippen LogP contribution in [-0.2, 0) is 11.3 Å². The number of hydrogen-bond donors (Lipinski definition) is 2. The van der Waals surface area contributed by atoms with Crippen molar-refractivity contribution >= 4 is 22.6 Å². The fraction of sp³-hybridized carbons (Fsp3) is 0.308. The molecule has 0 aliphatic rings. The van der Waals surface area contributed by atoms with Crippen LogP contribution in [0.25, 0.3) is 11.0 Å². The average molecular weight is 276 g/mol. The van der Waals surface area contributed by atoms with Crippen molar-refractivity contribution in [3.05, 3.63) is 28.7 Å². The number of aryl methyl sites for hydroxylation is 1. The molecule has 0 spiro atoms. The largest absolute Gasteiger partial charge is 0.478 e. The summed E-state index contributed by atoms with van der Waals surface area (Å²) < 4.78 is 6.75. The minimum absolute atomic E-state index is 0.107. The molecule has 0 fully saturated rings. The van der Waals surface area contributed by atoms with Crippen LogP contribution < -0.4 is 21.3 Å². The normalized spacial score (nSPS) is 10.5. The smallest absolute Gasteiger partial charge is 0.294 e. The Bertz CT molecular complexity index is 709. The van der Waals surface area contributed by atoms with E-state index < -0.39 is 0 Å². The highest BCUT2D eigenvalue weighted by Crippen LogP contribution is 2.17. The number of fused-ring (bicyclic) bond motifs is 1. The third kappa shape index (κ3) is 2.56. The Morgan fingerprint density at radius 2 is 2.25 bits per heavy atom. The molecular formula is C13H16N4O3. The number of likely N-dealkylation sites (N-methyl/N-ethyl adjacent to an activating group) is 1. The number of nitrogens with one attached hydrogen (secondary N) is 1. The van der Waals surface area contributed by atoms with E-state index in [0.717, 1.165) is 0 Å². The second-order valence-corrected chi connectivity index (χ2v) is 4.20. The minimum atomic E-state index is -0.318. The van der Waals surface area contributed by atoms with E-state index in [1.165, 1.54) is 17.8 Å². The van der Waals surface area contributed by atoms with E-state index in [9.17, 15) is 9.59 Å². The van der Waals surface area contributed by atoms with Gasteiger partial charge in [-0.1, -0.05) is 0 Å². The predicted molar refractivity (Wildman–Crippen MR) is 75.7 cm³/mol. The Balaban J connectivity index is 2.52. The van der Waals surface area contributed by atoms with Crippen molar-refractivity contribution in [2.45, 2.75) is 13.5 Å². The number of pyridine rings is 2. The molecule has 0 unspecified atom stereocenters. The van der Waals surface area contributed by atoms with Gasteiger partial charge in [-0.25, -0.2) is 4.98 Å². The molecule has 0 aliphatic carbocycles. The van der Waals surface area contributed by atoms with E-state index in [1.54, 1.807) is 12.1 Å². The van der Waals surface area contributed by atoms with Gasteiger partial charge in [0.15, 0.2) is 12.4 Å². The zero-order valence-corrected chi connectivity index (χ0v) is 11.3. The number of aromatic nitrogens is 2. The Labute approximate surface area is 115 Å². The molecule has 0 bridgehead atoms. The number of hydrogen-bond acceptors (Lipinski definition) is 5. The van der Waals surface area contributed by atoms with Gasteiger partial charge in [0.2, 0.25) is 0 Å². The predicted octanol–water partition coefficient (Wildman–Crippen LogP) is 0.123. The summed E-state index contributed by atoms with van der Waals surface area (Å²) in [6.07, 6.45) is 1.50. The first-order chi connectivity index (χ1) is 9.56. The van der Waals surface area contributed by atoms with Gasteiger partial charge in [-0.2, -0.15) is 0 Å². The number of nitrogens with two attached hydrogens (primary N) is 1. The summed E-state index contributed by atoms with van der Waals surface area (Å²) in [6.45, 7) is 2.07. The number of anilines is 1. The van der Waals surface area contributed by atoms with Crippen LogP contribution in [0.1, 0.15) is 6.92 Å². The molecule has 7 nitrogen and oxygen atoms in total. The van der Waals surface area contributed by atoms with Crippen LogP contribution in [-0.4, -0.2) is 29.1 Å². The highest BCUT2D eigenvalue weighted by molar-refractivity contribution is 5.80. The summed E-state index contributed by atoms with van der Waals surface area (Å²) in [6, 6.07) is 3.26. The van der Waals surface area contributed by atoms with Gasteiger partial charge in [0.05, 0.1) is 11.9 Å². The van der Waals surface area contributed by atoms with E-state index in [2.05, 4.69) is 10.3 Å². The van der Waals surface area contributed by atoms with E-state index in [1.807, 2.05) is 6.92 Å². The van der Waals surface area contributed by atoms with E-state index in [4.69, 9.17) is 10.5 Å². The monoisotopic (exact) mass is 276 g/mol. The van der Waals surface area contributed by atoms with Crippen molar-refractivity contribution in [3.8, 4) is 5.75 Å². The van der Waals surface area contributed by atoms with Crippen LogP contribution in [0.2, 0.25) is 0 Å². The number of amides is 1. The van der Waals surface area contributed by atoms with Gasteiger partial charge < -0.3 is 15.8 Å². The zero-order valence-electron chi connectivity index (χ0n) is 11.3. The summed E-state index contributed by atoms with van der Waals surface area (Å²) in [5.41, 5.74) is 6.41. The molecule has 1 amide bonds. The SMILES string of the molecule is CCn1c(=O)c(OCC(=O)NC)cc2cc(N)cnc21. The number of rotatable bonds is 4. The molecule has 2 aromatic heterocycles. The molecule has 20 heavy (non-hydrogen) atoms. The third-order valence-corrected chi connectivity index (χ3v) is 2.87. The van der Waals surface area contributed by atoms with E-state index in [-0.39, 0.29) is 23.8 Å². The fourth-order valence-corrected chi connectivity index (χ4v) is 1.87. The maximum absolute atomic E-state index is 12.2. The maximum atomic E-state index is 12.2. The van der Waals surface area contributed by atoms with Crippen molar-refractivity contribution in [1.82, 2.24) is 14.9 Å². The molecule has 7 heteroatoms. The summed E-state index contributed by atoms with van der Waals surface area (Å²) in [5.74, 6) is -0.200. The summed E-state index contributed by atoms with van der Waals surface area (Å²) >= 11 is 0. The topological polar surface area (TPSA) is 99.2 Å². The molecule has 2 rings (SSSR count). The van der Waals surface area contributed by atoms with Crippen LogP contribution in [0, 0.1) is 0 Å². The third-order valence-electron chi connectivity index (χ3n) is 2.87. The molecule has 0 saturated heterocycles. The molecule has 2 heterocycles. The van der Waals surface area contributed by atoms with Gasteiger partial charge in [0, 0.05) is 19.0 Å². The van der Waals surface area contributed by atoms with E-state index >= 15 is 0 Å². The second kappa shape index (κ2) is 5.60. The number of carbonyl (C=O) groups is 1. The van der Waals surface area contributed by atoms with Gasteiger partial charge >= 0.3 is 0 Å². The first kappa shape index (κ1) is 13.9. The summed E-state index contributed by atoms with van der Waals surface area (Å²) in [5, 5.41) is 3.12. The summed E-state index contributed by atoms with van der Waals surface area (Å²) in [7, 11) is 1.50. The first-order valence-corrected chi connectivity index (χ1v) is 6.19. The van der Waals surface area contributed by atoms with Crippen LogP contribution in [0.5, 0.6) is 5.75 Å². The molecule has 0 aliphatic heterocycles. The lowest BCUT2D eigenvalue weighted by molar-refractivity contribution is -0.122. The van der Waals surface area contributed by atoms with Crippen LogP contribution >= 0.6 is 0 Å². The average Bonchev–Trinajstić information content (AvgIpc) is 2.45. The van der Waals surface area contributed by atoms with Crippen LogP contribution in [0.15, 0.2) is 23.1 Å².